The van der Waals surface area contributed by atoms with E-state index in [0.29, 0.717) is 11.0 Å². The van der Waals surface area contributed by atoms with Crippen molar-refractivity contribution in [2.24, 2.45) is 0 Å². The molecule has 0 unspecified atom stereocenters. The summed E-state index contributed by atoms with van der Waals surface area (Å²) < 4.78 is 35.3. The summed E-state index contributed by atoms with van der Waals surface area (Å²) in [6, 6.07) is 13.7. The molecular formula is C25H23F2N3O. The molecular weight excluding hydrogens is 396 g/mol. The van der Waals surface area contributed by atoms with Crippen LogP contribution in [-0.4, -0.2) is 40.2 Å². The fourth-order valence-corrected chi connectivity index (χ4v) is 5.20. The van der Waals surface area contributed by atoms with Crippen LogP contribution in [-0.2, 0) is 6.42 Å². The number of likely N-dealkylation sites (tertiary alicyclic amines) is 1. The summed E-state index contributed by atoms with van der Waals surface area (Å²) in [6.07, 6.45) is 6.18. The monoisotopic (exact) mass is 419 g/mol. The zero-order chi connectivity index (χ0) is 21.2. The van der Waals surface area contributed by atoms with Crippen molar-refractivity contribution in [2.75, 3.05) is 20.1 Å². The van der Waals surface area contributed by atoms with E-state index in [1.54, 1.807) is 18.5 Å². The lowest BCUT2D eigenvalue weighted by molar-refractivity contribution is 0.0271. The zero-order valence-electron chi connectivity index (χ0n) is 17.3. The van der Waals surface area contributed by atoms with E-state index in [2.05, 4.69) is 23.0 Å². The van der Waals surface area contributed by atoms with Gasteiger partial charge in [-0.2, -0.15) is 8.78 Å². The summed E-state index contributed by atoms with van der Waals surface area (Å²) in [5.74, 6) is 0.960. The van der Waals surface area contributed by atoms with Gasteiger partial charge in [0.05, 0.1) is 11.0 Å². The lowest BCUT2D eigenvalue weighted by Gasteiger charge is -2.37. The molecule has 6 rings (SSSR count). The third-order valence-corrected chi connectivity index (χ3v) is 6.93. The summed E-state index contributed by atoms with van der Waals surface area (Å²) in [5.41, 5.74) is 4.10. The first-order chi connectivity index (χ1) is 15.0. The molecule has 6 heteroatoms. The Morgan fingerprint density at radius 2 is 1.74 bits per heavy atom. The highest BCUT2D eigenvalue weighted by atomic mass is 19.3. The van der Waals surface area contributed by atoms with E-state index >= 15 is 0 Å². The van der Waals surface area contributed by atoms with Gasteiger partial charge < -0.3 is 9.64 Å². The molecule has 0 bridgehead atoms. The molecule has 0 N–H and O–H groups in total. The van der Waals surface area contributed by atoms with Gasteiger partial charge in [-0.1, -0.05) is 18.2 Å². The van der Waals surface area contributed by atoms with Crippen LogP contribution in [0.25, 0.3) is 32.9 Å². The Balaban J connectivity index is 1.42. The number of aromatic nitrogens is 2. The van der Waals surface area contributed by atoms with Gasteiger partial charge in [-0.3, -0.25) is 9.55 Å². The molecule has 2 aliphatic rings. The quantitative estimate of drug-likeness (QED) is 0.421. The van der Waals surface area contributed by atoms with Crippen LogP contribution in [0.4, 0.5) is 8.78 Å². The summed E-state index contributed by atoms with van der Waals surface area (Å²) in [6.45, 7) is -0.523. The molecule has 1 fully saturated rings. The predicted octanol–water partition coefficient (Wildman–Crippen LogP) is 5.65. The van der Waals surface area contributed by atoms with E-state index in [9.17, 15) is 8.78 Å². The normalized spacial score (nSPS) is 18.2. The van der Waals surface area contributed by atoms with Gasteiger partial charge in [0.1, 0.15) is 11.4 Å². The number of rotatable bonds is 2. The Hall–Kier alpha value is -2.99. The molecule has 158 valence electrons. The standard InChI is InChI=1S/C25H23F2N3O/c1-29-10-7-25(8-11-29)14-18-12-16(3-5-23(18)31-25)17-2-4-19-20-15-28-9-6-21(20)30(24(26)27)22(19)13-17/h2-6,9,12-13,15,24H,7-8,10-11,14H2,1H3. The minimum Gasteiger partial charge on any atom is -0.487 e. The van der Waals surface area contributed by atoms with Crippen molar-refractivity contribution in [1.29, 1.82) is 0 Å². The van der Waals surface area contributed by atoms with Crippen molar-refractivity contribution in [2.45, 2.75) is 31.4 Å². The summed E-state index contributed by atoms with van der Waals surface area (Å²) in [5, 5.41) is 1.54. The Morgan fingerprint density at radius 3 is 2.55 bits per heavy atom. The number of hydrogen-bond acceptors (Lipinski definition) is 3. The second-order valence-electron chi connectivity index (χ2n) is 8.86. The van der Waals surface area contributed by atoms with Gasteiger partial charge in [0.15, 0.2) is 0 Å². The second-order valence-corrected chi connectivity index (χ2v) is 8.86. The second kappa shape index (κ2) is 6.76. The first-order valence-corrected chi connectivity index (χ1v) is 10.7. The van der Waals surface area contributed by atoms with Crippen molar-refractivity contribution >= 4 is 21.8 Å². The van der Waals surface area contributed by atoms with Gasteiger partial charge in [-0.15, -0.1) is 0 Å². The van der Waals surface area contributed by atoms with Crippen LogP contribution in [0.1, 0.15) is 25.0 Å². The highest BCUT2D eigenvalue weighted by Crippen LogP contribution is 2.43. The maximum Gasteiger partial charge on any atom is 0.319 e. The Bertz CT molecular complexity index is 1310. The van der Waals surface area contributed by atoms with Crippen molar-refractivity contribution in [3.8, 4) is 16.9 Å². The molecule has 0 saturated carbocycles. The van der Waals surface area contributed by atoms with Crippen molar-refractivity contribution in [3.05, 3.63) is 60.4 Å². The van der Waals surface area contributed by atoms with E-state index < -0.39 is 6.55 Å². The molecule has 1 saturated heterocycles. The Kier molecular flexibility index (Phi) is 4.09. The Morgan fingerprint density at radius 1 is 0.968 bits per heavy atom. The van der Waals surface area contributed by atoms with Crippen LogP contribution in [0, 0.1) is 0 Å². The molecule has 31 heavy (non-hydrogen) atoms. The van der Waals surface area contributed by atoms with Gasteiger partial charge in [0.25, 0.3) is 0 Å². The maximum atomic E-state index is 13.9. The first kappa shape index (κ1) is 18.8. The number of alkyl halides is 2. The molecule has 0 aliphatic carbocycles. The summed E-state index contributed by atoms with van der Waals surface area (Å²) >= 11 is 0. The van der Waals surface area contributed by atoms with E-state index in [1.165, 1.54) is 5.56 Å². The smallest absolute Gasteiger partial charge is 0.319 e. The van der Waals surface area contributed by atoms with Crippen LogP contribution >= 0.6 is 0 Å². The Labute approximate surface area is 179 Å². The average molecular weight is 419 g/mol. The largest absolute Gasteiger partial charge is 0.487 e. The summed E-state index contributed by atoms with van der Waals surface area (Å²) in [7, 11) is 2.15. The van der Waals surface area contributed by atoms with E-state index in [0.717, 1.165) is 64.6 Å². The topological polar surface area (TPSA) is 30.3 Å². The predicted molar refractivity (Wildman–Crippen MR) is 118 cm³/mol. The van der Waals surface area contributed by atoms with Crippen molar-refractivity contribution in [1.82, 2.24) is 14.5 Å². The van der Waals surface area contributed by atoms with Crippen molar-refractivity contribution in [3.63, 3.8) is 0 Å². The molecule has 0 atom stereocenters. The van der Waals surface area contributed by atoms with Gasteiger partial charge in [0.2, 0.25) is 0 Å². The average Bonchev–Trinajstić information content (AvgIpc) is 3.30. The lowest BCUT2D eigenvalue weighted by Crippen LogP contribution is -2.45. The fraction of sp³-hybridized carbons (Fsp3) is 0.320. The number of piperidine rings is 1. The molecule has 4 heterocycles. The number of benzene rings is 2. The molecule has 2 aromatic carbocycles. The number of hydrogen-bond donors (Lipinski definition) is 0. The van der Waals surface area contributed by atoms with Crippen LogP contribution in [0.5, 0.6) is 5.75 Å². The third-order valence-electron chi connectivity index (χ3n) is 6.93. The first-order valence-electron chi connectivity index (χ1n) is 10.7. The third kappa shape index (κ3) is 2.92. The SMILES string of the molecule is CN1CCC2(CC1)Cc1cc(-c3ccc4c5cnccc5n(C(F)F)c4c3)ccc1O2. The molecule has 2 aliphatic heterocycles. The van der Waals surface area contributed by atoms with Crippen molar-refractivity contribution < 1.29 is 13.5 Å². The van der Waals surface area contributed by atoms with Crippen LogP contribution < -0.4 is 4.74 Å². The zero-order valence-corrected chi connectivity index (χ0v) is 17.3. The molecule has 0 radical (unpaired) electrons. The molecule has 2 aromatic heterocycles. The number of fused-ring (bicyclic) bond motifs is 4. The highest BCUT2D eigenvalue weighted by Gasteiger charge is 2.41. The van der Waals surface area contributed by atoms with Crippen LogP contribution in [0.15, 0.2) is 54.9 Å². The van der Waals surface area contributed by atoms with E-state index in [1.807, 2.05) is 30.3 Å². The maximum absolute atomic E-state index is 13.9. The highest BCUT2D eigenvalue weighted by molar-refractivity contribution is 6.08. The molecule has 4 aromatic rings. The lowest BCUT2D eigenvalue weighted by atomic mass is 9.87. The van der Waals surface area contributed by atoms with Crippen LogP contribution in [0.2, 0.25) is 0 Å². The van der Waals surface area contributed by atoms with E-state index in [-0.39, 0.29) is 5.60 Å². The number of ether oxygens (including phenoxy) is 1. The summed E-state index contributed by atoms with van der Waals surface area (Å²) in [4.78, 5) is 6.47. The number of pyridine rings is 1. The van der Waals surface area contributed by atoms with Gasteiger partial charge in [0, 0.05) is 55.5 Å². The van der Waals surface area contributed by atoms with E-state index in [4.69, 9.17) is 4.74 Å². The van der Waals surface area contributed by atoms with Gasteiger partial charge in [-0.25, -0.2) is 0 Å². The minimum absolute atomic E-state index is 0.0908. The molecule has 0 amide bonds. The minimum atomic E-state index is -2.62. The number of nitrogens with zero attached hydrogens (tertiary/aromatic N) is 3. The molecule has 1 spiro atoms. The molecule has 4 nitrogen and oxygen atoms in total. The van der Waals surface area contributed by atoms with Gasteiger partial charge in [-0.05, 0) is 48.0 Å². The number of halogens is 2. The van der Waals surface area contributed by atoms with Gasteiger partial charge >= 0.3 is 6.55 Å². The fourth-order valence-electron chi connectivity index (χ4n) is 5.20. The van der Waals surface area contributed by atoms with Crippen LogP contribution in [0.3, 0.4) is 0 Å².